The van der Waals surface area contributed by atoms with Gasteiger partial charge in [0.05, 0.1) is 12.3 Å². The van der Waals surface area contributed by atoms with Crippen molar-refractivity contribution in [3.63, 3.8) is 0 Å². The lowest BCUT2D eigenvalue weighted by molar-refractivity contribution is -0.142. The van der Waals surface area contributed by atoms with Gasteiger partial charge in [0.15, 0.2) is 0 Å². The Morgan fingerprint density at radius 1 is 1.44 bits per heavy atom. The second kappa shape index (κ2) is 6.14. The number of hydrogen-bond acceptors (Lipinski definition) is 3. The number of nitrogens with zero attached hydrogens (tertiary/aromatic N) is 2. The van der Waals surface area contributed by atoms with Crippen LogP contribution >= 0.6 is 0 Å². The first-order chi connectivity index (χ1) is 8.40. The minimum Gasteiger partial charge on any atom is -0.481 e. The van der Waals surface area contributed by atoms with Gasteiger partial charge < -0.3 is 10.0 Å². The largest absolute Gasteiger partial charge is 0.481 e. The van der Waals surface area contributed by atoms with E-state index in [9.17, 15) is 9.59 Å². The van der Waals surface area contributed by atoms with Crippen LogP contribution in [0.2, 0.25) is 0 Å². The number of carboxylic acid groups (broad SMARTS) is 1. The molecule has 0 saturated carbocycles. The molecule has 98 valence electrons. The predicted octanol–water partition coefficient (Wildman–Crippen LogP) is 1.11. The monoisotopic (exact) mass is 250 g/mol. The summed E-state index contributed by atoms with van der Waals surface area (Å²) in [5.74, 6) is -1.56. The van der Waals surface area contributed by atoms with Crippen LogP contribution in [0.3, 0.4) is 0 Å². The second-order valence-corrected chi connectivity index (χ2v) is 4.50. The normalized spacial score (nSPS) is 11.9. The predicted molar refractivity (Wildman–Crippen MR) is 67.1 cm³/mol. The molecule has 1 atom stereocenters. The lowest BCUT2D eigenvalue weighted by Gasteiger charge is -2.19. The highest BCUT2D eigenvalue weighted by Gasteiger charge is 2.17. The maximum absolute atomic E-state index is 11.9. The SMILES string of the molecule is Cc1ccc(CC(=O)N(C)CC(C)C(=O)O)cn1. The fourth-order valence-corrected chi connectivity index (χ4v) is 1.50. The molecular formula is C13H18N2O3. The van der Waals surface area contributed by atoms with E-state index in [1.165, 1.54) is 4.90 Å². The van der Waals surface area contributed by atoms with Gasteiger partial charge in [-0.15, -0.1) is 0 Å². The molecule has 0 radical (unpaired) electrons. The van der Waals surface area contributed by atoms with E-state index in [0.29, 0.717) is 0 Å². The number of aromatic nitrogens is 1. The second-order valence-electron chi connectivity index (χ2n) is 4.50. The van der Waals surface area contributed by atoms with Crippen LogP contribution in [0.5, 0.6) is 0 Å². The summed E-state index contributed by atoms with van der Waals surface area (Å²) in [6.07, 6.45) is 1.91. The Kier molecular flexibility index (Phi) is 4.83. The zero-order chi connectivity index (χ0) is 13.7. The molecule has 0 aliphatic heterocycles. The fraction of sp³-hybridized carbons (Fsp3) is 0.462. The van der Waals surface area contributed by atoms with Crippen LogP contribution in [0.4, 0.5) is 0 Å². The molecule has 1 aromatic rings. The van der Waals surface area contributed by atoms with E-state index in [1.54, 1.807) is 20.2 Å². The van der Waals surface area contributed by atoms with Gasteiger partial charge in [-0.2, -0.15) is 0 Å². The van der Waals surface area contributed by atoms with Crippen molar-refractivity contribution in [3.05, 3.63) is 29.6 Å². The molecule has 0 saturated heterocycles. The van der Waals surface area contributed by atoms with Crippen molar-refractivity contribution in [2.45, 2.75) is 20.3 Å². The van der Waals surface area contributed by atoms with Crippen molar-refractivity contribution in [2.24, 2.45) is 5.92 Å². The van der Waals surface area contributed by atoms with E-state index in [0.717, 1.165) is 11.3 Å². The first kappa shape index (κ1) is 14.2. The van der Waals surface area contributed by atoms with Gasteiger partial charge in [0, 0.05) is 25.5 Å². The van der Waals surface area contributed by atoms with Crippen LogP contribution in [-0.2, 0) is 16.0 Å². The first-order valence-electron chi connectivity index (χ1n) is 5.78. The smallest absolute Gasteiger partial charge is 0.308 e. The Morgan fingerprint density at radius 3 is 2.61 bits per heavy atom. The van der Waals surface area contributed by atoms with Crippen molar-refractivity contribution in [2.75, 3.05) is 13.6 Å². The average molecular weight is 250 g/mol. The summed E-state index contributed by atoms with van der Waals surface area (Å²) >= 11 is 0. The van der Waals surface area contributed by atoms with E-state index >= 15 is 0 Å². The number of pyridine rings is 1. The standard InChI is InChI=1S/C13H18N2O3/c1-9(13(17)18)8-15(3)12(16)6-11-5-4-10(2)14-7-11/h4-5,7,9H,6,8H2,1-3H3,(H,17,18). The highest BCUT2D eigenvalue weighted by molar-refractivity contribution is 5.79. The minimum atomic E-state index is -0.897. The Morgan fingerprint density at radius 2 is 2.11 bits per heavy atom. The molecule has 5 nitrogen and oxygen atoms in total. The lowest BCUT2D eigenvalue weighted by atomic mass is 10.1. The number of carbonyl (C=O) groups excluding carboxylic acids is 1. The summed E-state index contributed by atoms with van der Waals surface area (Å²) < 4.78 is 0. The highest BCUT2D eigenvalue weighted by Crippen LogP contribution is 2.04. The highest BCUT2D eigenvalue weighted by atomic mass is 16.4. The van der Waals surface area contributed by atoms with E-state index < -0.39 is 11.9 Å². The van der Waals surface area contributed by atoms with Gasteiger partial charge in [0.1, 0.15) is 0 Å². The molecule has 0 fully saturated rings. The summed E-state index contributed by atoms with van der Waals surface area (Å²) in [5, 5.41) is 8.78. The van der Waals surface area contributed by atoms with Gasteiger partial charge in [-0.3, -0.25) is 14.6 Å². The maximum atomic E-state index is 11.9. The molecule has 0 aromatic carbocycles. The maximum Gasteiger partial charge on any atom is 0.308 e. The van der Waals surface area contributed by atoms with Crippen LogP contribution < -0.4 is 0 Å². The lowest BCUT2D eigenvalue weighted by Crippen LogP contribution is -2.34. The van der Waals surface area contributed by atoms with Crippen molar-refractivity contribution < 1.29 is 14.7 Å². The first-order valence-corrected chi connectivity index (χ1v) is 5.78. The van der Waals surface area contributed by atoms with Gasteiger partial charge in [0.2, 0.25) is 5.91 Å². The van der Waals surface area contributed by atoms with Gasteiger partial charge >= 0.3 is 5.97 Å². The summed E-state index contributed by atoms with van der Waals surface area (Å²) in [5.41, 5.74) is 1.74. The molecule has 0 bridgehead atoms. The summed E-state index contributed by atoms with van der Waals surface area (Å²) in [4.78, 5) is 28.1. The Balaban J connectivity index is 2.54. The van der Waals surface area contributed by atoms with Gasteiger partial charge in [-0.25, -0.2) is 0 Å². The van der Waals surface area contributed by atoms with E-state index in [4.69, 9.17) is 5.11 Å². The van der Waals surface area contributed by atoms with Crippen LogP contribution in [0.25, 0.3) is 0 Å². The van der Waals surface area contributed by atoms with Crippen molar-refractivity contribution in [1.29, 1.82) is 0 Å². The van der Waals surface area contributed by atoms with Gasteiger partial charge in [-0.05, 0) is 18.6 Å². The minimum absolute atomic E-state index is 0.103. The molecular weight excluding hydrogens is 232 g/mol. The Bertz CT molecular complexity index is 428. The zero-order valence-electron chi connectivity index (χ0n) is 10.9. The van der Waals surface area contributed by atoms with Crippen LogP contribution in [-0.4, -0.2) is 40.5 Å². The number of aryl methyl sites for hydroxylation is 1. The van der Waals surface area contributed by atoms with Gasteiger partial charge in [-0.1, -0.05) is 13.0 Å². The number of carbonyl (C=O) groups is 2. The average Bonchev–Trinajstić information content (AvgIpc) is 2.31. The molecule has 1 N–H and O–H groups in total. The number of aliphatic carboxylic acids is 1. The molecule has 0 aliphatic carbocycles. The molecule has 1 amide bonds. The molecule has 0 aliphatic rings. The molecule has 1 aromatic heterocycles. The van der Waals surface area contributed by atoms with Crippen molar-refractivity contribution >= 4 is 11.9 Å². The fourth-order valence-electron chi connectivity index (χ4n) is 1.50. The van der Waals surface area contributed by atoms with Gasteiger partial charge in [0.25, 0.3) is 0 Å². The topological polar surface area (TPSA) is 70.5 Å². The quantitative estimate of drug-likeness (QED) is 0.849. The number of hydrogen-bond donors (Lipinski definition) is 1. The molecule has 1 unspecified atom stereocenters. The van der Waals surface area contributed by atoms with Crippen molar-refractivity contribution in [1.82, 2.24) is 9.88 Å². The Hall–Kier alpha value is -1.91. The molecule has 18 heavy (non-hydrogen) atoms. The van der Waals surface area contributed by atoms with Crippen LogP contribution in [0, 0.1) is 12.8 Å². The molecule has 0 spiro atoms. The summed E-state index contributed by atoms with van der Waals surface area (Å²) in [6.45, 7) is 3.68. The molecule has 1 rings (SSSR count). The third kappa shape index (κ3) is 4.16. The van der Waals surface area contributed by atoms with E-state index in [2.05, 4.69) is 4.98 Å². The number of rotatable bonds is 5. The third-order valence-corrected chi connectivity index (χ3v) is 2.72. The summed E-state index contributed by atoms with van der Waals surface area (Å²) in [6, 6.07) is 3.71. The third-order valence-electron chi connectivity index (χ3n) is 2.72. The summed E-state index contributed by atoms with van der Waals surface area (Å²) in [7, 11) is 1.61. The molecule has 5 heteroatoms. The number of likely N-dealkylation sites (N-methyl/N-ethyl adjacent to an activating group) is 1. The zero-order valence-corrected chi connectivity index (χ0v) is 10.9. The van der Waals surface area contributed by atoms with E-state index in [1.807, 2.05) is 19.1 Å². The van der Waals surface area contributed by atoms with Crippen molar-refractivity contribution in [3.8, 4) is 0 Å². The molecule has 1 heterocycles. The van der Waals surface area contributed by atoms with Crippen LogP contribution in [0.15, 0.2) is 18.3 Å². The number of amides is 1. The van der Waals surface area contributed by atoms with Crippen LogP contribution in [0.1, 0.15) is 18.2 Å². The van der Waals surface area contributed by atoms with E-state index in [-0.39, 0.29) is 18.9 Å². The number of carboxylic acids is 1. The Labute approximate surface area is 106 Å².